The second kappa shape index (κ2) is 7.07. The van der Waals surface area contributed by atoms with Gasteiger partial charge in [-0.1, -0.05) is 13.8 Å². The molecule has 3 nitrogen and oxygen atoms in total. The molecule has 0 radical (unpaired) electrons. The van der Waals surface area contributed by atoms with E-state index < -0.39 is 0 Å². The van der Waals surface area contributed by atoms with Crippen LogP contribution in [0, 0.1) is 13.8 Å². The maximum Gasteiger partial charge on any atom is 0.133 e. The van der Waals surface area contributed by atoms with E-state index in [4.69, 9.17) is 4.98 Å². The zero-order chi connectivity index (χ0) is 14.5. The Balaban J connectivity index is 2.25. The number of aryl methyl sites for hydroxylation is 2. The van der Waals surface area contributed by atoms with Gasteiger partial charge >= 0.3 is 0 Å². The van der Waals surface area contributed by atoms with Crippen molar-refractivity contribution in [3.05, 3.63) is 22.9 Å². The Morgan fingerprint density at radius 1 is 1.20 bits per heavy atom. The van der Waals surface area contributed by atoms with E-state index in [2.05, 4.69) is 44.0 Å². The molecular formula is C17H29N3. The fourth-order valence-electron chi connectivity index (χ4n) is 2.72. The normalized spacial score (nSPS) is 14.6. The Bertz CT molecular complexity index is 432. The third kappa shape index (κ3) is 3.95. The van der Waals surface area contributed by atoms with Gasteiger partial charge in [-0.15, -0.1) is 0 Å². The monoisotopic (exact) mass is 275 g/mol. The van der Waals surface area contributed by atoms with E-state index in [1.54, 1.807) is 0 Å². The maximum absolute atomic E-state index is 4.86. The van der Waals surface area contributed by atoms with Gasteiger partial charge < -0.3 is 10.2 Å². The van der Waals surface area contributed by atoms with Gasteiger partial charge in [0.15, 0.2) is 0 Å². The minimum atomic E-state index is 0.745. The van der Waals surface area contributed by atoms with Crippen molar-refractivity contribution < 1.29 is 0 Å². The second-order valence-corrected chi connectivity index (χ2v) is 6.02. The highest BCUT2D eigenvalue weighted by molar-refractivity contribution is 5.51. The molecule has 0 aromatic carbocycles. The summed E-state index contributed by atoms with van der Waals surface area (Å²) in [5.41, 5.74) is 3.90. The van der Waals surface area contributed by atoms with Crippen LogP contribution < -0.4 is 10.2 Å². The van der Waals surface area contributed by atoms with Crippen molar-refractivity contribution in [1.29, 1.82) is 0 Å². The van der Waals surface area contributed by atoms with Crippen molar-refractivity contribution in [1.82, 2.24) is 10.3 Å². The molecule has 0 spiro atoms. The summed E-state index contributed by atoms with van der Waals surface area (Å²) in [4.78, 5) is 7.32. The van der Waals surface area contributed by atoms with Crippen LogP contribution in [0.4, 0.5) is 5.82 Å². The zero-order valence-electron chi connectivity index (χ0n) is 13.5. The average Bonchev–Trinajstić information content (AvgIpc) is 3.21. The number of aromatic nitrogens is 1. The van der Waals surface area contributed by atoms with Crippen LogP contribution >= 0.6 is 0 Å². The van der Waals surface area contributed by atoms with Crippen molar-refractivity contribution in [2.24, 2.45) is 0 Å². The highest BCUT2D eigenvalue weighted by Crippen LogP contribution is 2.25. The number of hydrogen-bond donors (Lipinski definition) is 1. The van der Waals surface area contributed by atoms with Crippen molar-refractivity contribution in [2.75, 3.05) is 18.0 Å². The van der Waals surface area contributed by atoms with Crippen LogP contribution in [0.2, 0.25) is 0 Å². The van der Waals surface area contributed by atoms with Crippen molar-refractivity contribution >= 4 is 5.82 Å². The van der Waals surface area contributed by atoms with E-state index in [-0.39, 0.29) is 0 Å². The predicted molar refractivity (Wildman–Crippen MR) is 86.4 cm³/mol. The molecule has 1 aliphatic carbocycles. The van der Waals surface area contributed by atoms with E-state index >= 15 is 0 Å². The Kier molecular flexibility index (Phi) is 5.41. The molecule has 3 heteroatoms. The van der Waals surface area contributed by atoms with Gasteiger partial charge in [-0.3, -0.25) is 0 Å². The number of nitrogens with one attached hydrogen (secondary N) is 1. The van der Waals surface area contributed by atoms with Gasteiger partial charge in [0.25, 0.3) is 0 Å². The van der Waals surface area contributed by atoms with Gasteiger partial charge in [0, 0.05) is 36.9 Å². The molecule has 0 atom stereocenters. The van der Waals surface area contributed by atoms with Gasteiger partial charge in [0.1, 0.15) is 5.82 Å². The Hall–Kier alpha value is -1.09. The minimum Gasteiger partial charge on any atom is -0.356 e. The molecule has 1 heterocycles. The molecule has 1 aromatic rings. The molecule has 0 aliphatic heterocycles. The summed E-state index contributed by atoms with van der Waals surface area (Å²) in [5, 5.41) is 3.65. The first-order valence-corrected chi connectivity index (χ1v) is 8.11. The van der Waals surface area contributed by atoms with Crippen LogP contribution in [-0.2, 0) is 6.54 Å². The molecule has 1 fully saturated rings. The lowest BCUT2D eigenvalue weighted by Gasteiger charge is -2.27. The molecule has 1 aliphatic rings. The summed E-state index contributed by atoms with van der Waals surface area (Å²) in [6.07, 6.45) is 5.01. The van der Waals surface area contributed by atoms with Gasteiger partial charge in [0.05, 0.1) is 0 Å². The SMILES string of the molecule is CCCN(CCC)c1nc(C)cc(C)c1CNC1CC1. The Morgan fingerprint density at radius 3 is 2.40 bits per heavy atom. The van der Waals surface area contributed by atoms with Gasteiger partial charge in [-0.2, -0.15) is 0 Å². The molecule has 0 unspecified atom stereocenters. The first-order valence-electron chi connectivity index (χ1n) is 8.11. The lowest BCUT2D eigenvalue weighted by Crippen LogP contribution is -2.29. The summed E-state index contributed by atoms with van der Waals surface area (Å²) in [6, 6.07) is 2.96. The van der Waals surface area contributed by atoms with Crippen molar-refractivity contribution in [3.63, 3.8) is 0 Å². The fraction of sp³-hybridized carbons (Fsp3) is 0.706. The third-order valence-corrected chi connectivity index (χ3v) is 3.89. The fourth-order valence-corrected chi connectivity index (χ4v) is 2.72. The average molecular weight is 275 g/mol. The topological polar surface area (TPSA) is 28.2 Å². The lowest BCUT2D eigenvalue weighted by molar-refractivity contribution is 0.669. The lowest BCUT2D eigenvalue weighted by atomic mass is 10.1. The van der Waals surface area contributed by atoms with Crippen molar-refractivity contribution in [2.45, 2.75) is 66.0 Å². The zero-order valence-corrected chi connectivity index (χ0v) is 13.5. The summed E-state index contributed by atoms with van der Waals surface area (Å²) in [6.45, 7) is 12.0. The Labute approximate surface area is 123 Å². The second-order valence-electron chi connectivity index (χ2n) is 6.02. The number of hydrogen-bond acceptors (Lipinski definition) is 3. The first kappa shape index (κ1) is 15.3. The number of nitrogens with zero attached hydrogens (tertiary/aromatic N) is 2. The molecule has 0 amide bonds. The van der Waals surface area contributed by atoms with E-state index in [0.29, 0.717) is 0 Å². The van der Waals surface area contributed by atoms with Crippen molar-refractivity contribution in [3.8, 4) is 0 Å². The van der Waals surface area contributed by atoms with E-state index in [1.807, 2.05) is 0 Å². The van der Waals surface area contributed by atoms with Gasteiger partial charge in [-0.05, 0) is 51.2 Å². The molecule has 1 N–H and O–H groups in total. The standard InChI is InChI=1S/C17H29N3/c1-5-9-20(10-6-2)17-16(12-18-15-7-8-15)13(3)11-14(4)19-17/h11,15,18H,5-10,12H2,1-4H3. The van der Waals surface area contributed by atoms with Crippen LogP contribution in [0.5, 0.6) is 0 Å². The first-order chi connectivity index (χ1) is 9.65. The molecule has 0 saturated heterocycles. The van der Waals surface area contributed by atoms with Crippen LogP contribution in [0.25, 0.3) is 0 Å². The number of anilines is 1. The van der Waals surface area contributed by atoms with Crippen LogP contribution in [0.15, 0.2) is 6.07 Å². The maximum atomic E-state index is 4.86. The van der Waals surface area contributed by atoms with E-state index in [0.717, 1.165) is 31.4 Å². The number of rotatable bonds is 8. The van der Waals surface area contributed by atoms with Crippen LogP contribution in [0.1, 0.15) is 56.4 Å². The van der Waals surface area contributed by atoms with E-state index in [1.165, 1.54) is 42.6 Å². The third-order valence-electron chi connectivity index (χ3n) is 3.89. The molecule has 20 heavy (non-hydrogen) atoms. The van der Waals surface area contributed by atoms with E-state index in [9.17, 15) is 0 Å². The molecule has 1 aromatic heterocycles. The molecule has 2 rings (SSSR count). The largest absolute Gasteiger partial charge is 0.356 e. The molecule has 0 bridgehead atoms. The molecule has 1 saturated carbocycles. The molecule has 112 valence electrons. The highest BCUT2D eigenvalue weighted by Gasteiger charge is 2.22. The van der Waals surface area contributed by atoms with Crippen LogP contribution in [0.3, 0.4) is 0 Å². The smallest absolute Gasteiger partial charge is 0.133 e. The van der Waals surface area contributed by atoms with Gasteiger partial charge in [-0.25, -0.2) is 4.98 Å². The Morgan fingerprint density at radius 2 is 1.85 bits per heavy atom. The highest BCUT2D eigenvalue weighted by atomic mass is 15.2. The summed E-state index contributed by atoms with van der Waals surface area (Å²) in [7, 11) is 0. The van der Waals surface area contributed by atoms with Gasteiger partial charge in [0.2, 0.25) is 0 Å². The summed E-state index contributed by atoms with van der Waals surface area (Å²) in [5.74, 6) is 1.21. The summed E-state index contributed by atoms with van der Waals surface area (Å²) < 4.78 is 0. The number of pyridine rings is 1. The van der Waals surface area contributed by atoms with Crippen LogP contribution in [-0.4, -0.2) is 24.1 Å². The summed E-state index contributed by atoms with van der Waals surface area (Å²) >= 11 is 0. The molecular weight excluding hydrogens is 246 g/mol. The minimum absolute atomic E-state index is 0.745. The predicted octanol–water partition coefficient (Wildman–Crippen LogP) is 3.58. The quantitative estimate of drug-likeness (QED) is 0.786.